The summed E-state index contributed by atoms with van der Waals surface area (Å²) in [5.74, 6) is 3.12. The molecule has 0 aromatic heterocycles. The van der Waals surface area contributed by atoms with Gasteiger partial charge in [0.2, 0.25) is 0 Å². The van der Waals surface area contributed by atoms with Crippen LogP contribution < -0.4 is 5.73 Å². The number of aliphatic hydroxyl groups excluding tert-OH is 1. The van der Waals surface area contributed by atoms with Gasteiger partial charge < -0.3 is 10.8 Å². The fourth-order valence-electron chi connectivity index (χ4n) is 0.723. The van der Waals surface area contributed by atoms with Gasteiger partial charge in [0, 0.05) is 11.8 Å². The Morgan fingerprint density at radius 1 is 1.60 bits per heavy atom. The van der Waals surface area contributed by atoms with Crippen LogP contribution in [0.1, 0.15) is 12.8 Å². The third-order valence-corrected chi connectivity index (χ3v) is 2.99. The van der Waals surface area contributed by atoms with Crippen molar-refractivity contribution in [1.82, 2.24) is 0 Å². The van der Waals surface area contributed by atoms with Gasteiger partial charge in [-0.2, -0.15) is 11.8 Å². The van der Waals surface area contributed by atoms with Gasteiger partial charge in [-0.1, -0.05) is 0 Å². The second-order valence-corrected chi connectivity index (χ2v) is 4.00. The summed E-state index contributed by atoms with van der Waals surface area (Å²) < 4.78 is 0. The molecule has 0 aliphatic heterocycles. The van der Waals surface area contributed by atoms with Crippen LogP contribution in [0.25, 0.3) is 0 Å². The van der Waals surface area contributed by atoms with Crippen molar-refractivity contribution in [2.75, 3.05) is 18.1 Å². The molecule has 1 aliphatic rings. The van der Waals surface area contributed by atoms with Gasteiger partial charge in [0.15, 0.2) is 0 Å². The Morgan fingerprint density at radius 2 is 2.30 bits per heavy atom. The number of rotatable bonds is 5. The zero-order chi connectivity index (χ0) is 7.40. The molecule has 0 aromatic rings. The lowest BCUT2D eigenvalue weighted by Gasteiger charge is -2.05. The lowest BCUT2D eigenvalue weighted by Crippen LogP contribution is -2.27. The van der Waals surface area contributed by atoms with Gasteiger partial charge in [0.1, 0.15) is 0 Å². The van der Waals surface area contributed by atoms with Gasteiger partial charge in [0.05, 0.1) is 6.61 Å². The first-order valence-electron chi connectivity index (χ1n) is 3.77. The molecule has 1 saturated carbocycles. The van der Waals surface area contributed by atoms with Crippen LogP contribution in [0, 0.1) is 5.92 Å². The average molecular weight is 161 g/mol. The SMILES string of the molecule is NC(CO)CSCC1CC1. The van der Waals surface area contributed by atoms with E-state index in [4.69, 9.17) is 10.8 Å². The second kappa shape index (κ2) is 4.21. The third kappa shape index (κ3) is 3.44. The van der Waals surface area contributed by atoms with E-state index < -0.39 is 0 Å². The van der Waals surface area contributed by atoms with Crippen LogP contribution in [0.4, 0.5) is 0 Å². The lowest BCUT2D eigenvalue weighted by molar-refractivity contribution is 0.275. The maximum Gasteiger partial charge on any atom is 0.0590 e. The monoisotopic (exact) mass is 161 g/mol. The zero-order valence-electron chi connectivity index (χ0n) is 6.12. The molecule has 0 radical (unpaired) electrons. The van der Waals surface area contributed by atoms with E-state index in [1.807, 2.05) is 11.8 Å². The molecule has 1 unspecified atom stereocenters. The van der Waals surface area contributed by atoms with E-state index in [-0.39, 0.29) is 12.6 Å². The molecule has 0 spiro atoms. The second-order valence-electron chi connectivity index (χ2n) is 2.92. The van der Waals surface area contributed by atoms with Gasteiger partial charge in [-0.05, 0) is 24.5 Å². The largest absolute Gasteiger partial charge is 0.395 e. The van der Waals surface area contributed by atoms with Crippen molar-refractivity contribution in [2.24, 2.45) is 11.7 Å². The Hall–Kier alpha value is 0.270. The van der Waals surface area contributed by atoms with Gasteiger partial charge in [-0.25, -0.2) is 0 Å². The molecule has 1 aliphatic carbocycles. The molecule has 10 heavy (non-hydrogen) atoms. The Kier molecular flexibility index (Phi) is 3.52. The Labute approximate surface area is 66.2 Å². The summed E-state index contributed by atoms with van der Waals surface area (Å²) in [7, 11) is 0. The number of hydrogen-bond acceptors (Lipinski definition) is 3. The van der Waals surface area contributed by atoms with Crippen LogP contribution in [0.15, 0.2) is 0 Å². The highest BCUT2D eigenvalue weighted by molar-refractivity contribution is 7.99. The first kappa shape index (κ1) is 8.37. The molecule has 60 valence electrons. The minimum absolute atomic E-state index is 0.0104. The first-order valence-corrected chi connectivity index (χ1v) is 4.92. The summed E-state index contributed by atoms with van der Waals surface area (Å²) >= 11 is 1.87. The average Bonchev–Trinajstić information content (AvgIpc) is 2.71. The highest BCUT2D eigenvalue weighted by atomic mass is 32.2. The molecule has 1 atom stereocenters. The fraction of sp³-hybridized carbons (Fsp3) is 1.00. The summed E-state index contributed by atoms with van der Waals surface area (Å²) in [5, 5.41) is 8.58. The van der Waals surface area contributed by atoms with Crippen molar-refractivity contribution in [3.8, 4) is 0 Å². The van der Waals surface area contributed by atoms with E-state index in [0.29, 0.717) is 0 Å². The molecular weight excluding hydrogens is 146 g/mol. The van der Waals surface area contributed by atoms with Crippen molar-refractivity contribution in [2.45, 2.75) is 18.9 Å². The van der Waals surface area contributed by atoms with Crippen LogP contribution in [-0.4, -0.2) is 29.3 Å². The van der Waals surface area contributed by atoms with Crippen LogP contribution in [0.3, 0.4) is 0 Å². The van der Waals surface area contributed by atoms with Crippen molar-refractivity contribution < 1.29 is 5.11 Å². The normalized spacial score (nSPS) is 21.0. The fourth-order valence-corrected chi connectivity index (χ4v) is 1.93. The number of nitrogens with two attached hydrogens (primary N) is 1. The van der Waals surface area contributed by atoms with Crippen molar-refractivity contribution in [3.63, 3.8) is 0 Å². The third-order valence-electron chi connectivity index (χ3n) is 1.62. The topological polar surface area (TPSA) is 46.2 Å². The zero-order valence-corrected chi connectivity index (χ0v) is 6.94. The molecule has 0 heterocycles. The maximum absolute atomic E-state index is 8.58. The van der Waals surface area contributed by atoms with Crippen LogP contribution in [0.5, 0.6) is 0 Å². The molecule has 0 aromatic carbocycles. The summed E-state index contributed by atoms with van der Waals surface area (Å²) in [4.78, 5) is 0. The van der Waals surface area contributed by atoms with E-state index >= 15 is 0 Å². The maximum atomic E-state index is 8.58. The number of hydrogen-bond donors (Lipinski definition) is 2. The van der Waals surface area contributed by atoms with Crippen LogP contribution >= 0.6 is 11.8 Å². The van der Waals surface area contributed by atoms with Crippen molar-refractivity contribution in [1.29, 1.82) is 0 Å². The molecule has 3 N–H and O–H groups in total. The summed E-state index contributed by atoms with van der Waals surface area (Å²) in [6, 6.07) is -0.0104. The van der Waals surface area contributed by atoms with Crippen LogP contribution in [-0.2, 0) is 0 Å². The predicted octanol–water partition coefficient (Wildman–Crippen LogP) is 0.449. The lowest BCUT2D eigenvalue weighted by atomic mass is 10.4. The van der Waals surface area contributed by atoms with Crippen molar-refractivity contribution in [3.05, 3.63) is 0 Å². The van der Waals surface area contributed by atoms with Gasteiger partial charge in [0.25, 0.3) is 0 Å². The van der Waals surface area contributed by atoms with E-state index in [9.17, 15) is 0 Å². The van der Waals surface area contributed by atoms with Gasteiger partial charge in [-0.15, -0.1) is 0 Å². The molecule has 0 saturated heterocycles. The van der Waals surface area contributed by atoms with E-state index in [2.05, 4.69) is 0 Å². The predicted molar refractivity (Wildman–Crippen MR) is 45.1 cm³/mol. The van der Waals surface area contributed by atoms with E-state index in [0.717, 1.165) is 11.7 Å². The smallest absolute Gasteiger partial charge is 0.0590 e. The van der Waals surface area contributed by atoms with Gasteiger partial charge >= 0.3 is 0 Å². The summed E-state index contributed by atoms with van der Waals surface area (Å²) in [6.07, 6.45) is 2.81. The Balaban J connectivity index is 1.83. The number of aliphatic hydroxyl groups is 1. The van der Waals surface area contributed by atoms with E-state index in [1.165, 1.54) is 18.6 Å². The Morgan fingerprint density at radius 3 is 2.80 bits per heavy atom. The summed E-state index contributed by atoms with van der Waals surface area (Å²) in [6.45, 7) is 0.123. The van der Waals surface area contributed by atoms with Crippen molar-refractivity contribution >= 4 is 11.8 Å². The van der Waals surface area contributed by atoms with E-state index in [1.54, 1.807) is 0 Å². The highest BCUT2D eigenvalue weighted by Gasteiger charge is 2.20. The molecular formula is C7H15NOS. The molecule has 1 rings (SSSR count). The Bertz CT molecular complexity index is 95.6. The molecule has 3 heteroatoms. The molecule has 0 bridgehead atoms. The van der Waals surface area contributed by atoms with Gasteiger partial charge in [-0.3, -0.25) is 0 Å². The molecule has 1 fully saturated rings. The minimum atomic E-state index is -0.0104. The first-order chi connectivity index (χ1) is 4.83. The standard InChI is InChI=1S/C7H15NOS/c8-7(3-9)5-10-4-6-1-2-6/h6-7,9H,1-5,8H2. The quantitative estimate of drug-likeness (QED) is 0.615. The highest BCUT2D eigenvalue weighted by Crippen LogP contribution is 2.32. The summed E-state index contributed by atoms with van der Waals surface area (Å²) in [5.41, 5.74) is 5.51. The molecule has 2 nitrogen and oxygen atoms in total. The minimum Gasteiger partial charge on any atom is -0.395 e. The number of thioether (sulfide) groups is 1. The molecule has 0 amide bonds. The van der Waals surface area contributed by atoms with Crippen LogP contribution in [0.2, 0.25) is 0 Å².